The van der Waals surface area contributed by atoms with Crippen LogP contribution in [0.5, 0.6) is 11.5 Å². The Morgan fingerprint density at radius 2 is 1.80 bits per heavy atom. The molecule has 5 N–H and O–H groups in total. The molecular formula is C13H15N5O2. The molecule has 2 aromatic rings. The van der Waals surface area contributed by atoms with Crippen LogP contribution in [0.3, 0.4) is 0 Å². The van der Waals surface area contributed by atoms with Crippen LogP contribution >= 0.6 is 0 Å². The van der Waals surface area contributed by atoms with Crippen LogP contribution in [0.15, 0.2) is 24.3 Å². The van der Waals surface area contributed by atoms with Crippen molar-refractivity contribution in [2.24, 2.45) is 0 Å². The molecule has 2 heterocycles. The molecule has 0 fully saturated rings. The van der Waals surface area contributed by atoms with Gasteiger partial charge in [-0.25, -0.2) is 0 Å². The van der Waals surface area contributed by atoms with E-state index in [1.807, 2.05) is 18.2 Å². The Morgan fingerprint density at radius 3 is 2.60 bits per heavy atom. The lowest BCUT2D eigenvalue weighted by Crippen LogP contribution is -2.03. The predicted octanol–water partition coefficient (Wildman–Crippen LogP) is 1.55. The normalized spacial score (nSPS) is 13.6. The predicted molar refractivity (Wildman–Crippen MR) is 76.2 cm³/mol. The van der Waals surface area contributed by atoms with Gasteiger partial charge in [0.25, 0.3) is 0 Å². The maximum atomic E-state index is 5.63. The molecule has 7 nitrogen and oxygen atoms in total. The fraction of sp³-hybridized carbons (Fsp3) is 0.231. The van der Waals surface area contributed by atoms with Gasteiger partial charge in [0.05, 0.1) is 13.2 Å². The van der Waals surface area contributed by atoms with Gasteiger partial charge in [-0.1, -0.05) is 0 Å². The number of hydrogen-bond acceptors (Lipinski definition) is 7. The zero-order valence-corrected chi connectivity index (χ0v) is 10.8. The first-order chi connectivity index (χ1) is 9.70. The Kier molecular flexibility index (Phi) is 3.16. The highest BCUT2D eigenvalue weighted by Crippen LogP contribution is 2.33. The van der Waals surface area contributed by atoms with E-state index in [4.69, 9.17) is 20.9 Å². The summed E-state index contributed by atoms with van der Waals surface area (Å²) in [5.41, 5.74) is 12.0. The van der Waals surface area contributed by atoms with Crippen molar-refractivity contribution in [3.05, 3.63) is 24.3 Å². The van der Waals surface area contributed by atoms with E-state index >= 15 is 0 Å². The number of benzene rings is 1. The summed E-state index contributed by atoms with van der Waals surface area (Å²) in [6.45, 7) is 1.31. The monoisotopic (exact) mass is 273 g/mol. The van der Waals surface area contributed by atoms with Gasteiger partial charge < -0.3 is 26.3 Å². The molecule has 0 spiro atoms. The van der Waals surface area contributed by atoms with E-state index in [9.17, 15) is 0 Å². The third-order valence-electron chi connectivity index (χ3n) is 2.78. The fourth-order valence-electron chi connectivity index (χ4n) is 1.94. The number of aromatic nitrogens is 2. The average molecular weight is 273 g/mol. The Morgan fingerprint density at radius 1 is 1.00 bits per heavy atom. The summed E-state index contributed by atoms with van der Waals surface area (Å²) in [6, 6.07) is 7.20. The van der Waals surface area contributed by atoms with Crippen LogP contribution in [0.1, 0.15) is 6.42 Å². The maximum absolute atomic E-state index is 5.63. The van der Waals surface area contributed by atoms with Crippen LogP contribution in [0, 0.1) is 0 Å². The standard InChI is InChI=1S/C13H15N5O2/c14-11-7-12(18-13(15)17-11)16-8-2-3-9-10(6-8)20-5-1-4-19-9/h2-3,6-7H,1,4-5H2,(H5,14,15,16,17,18). The number of ether oxygens (including phenoxy) is 2. The summed E-state index contributed by atoms with van der Waals surface area (Å²) >= 11 is 0. The fourth-order valence-corrected chi connectivity index (χ4v) is 1.94. The van der Waals surface area contributed by atoms with E-state index in [0.29, 0.717) is 30.6 Å². The van der Waals surface area contributed by atoms with Crippen molar-refractivity contribution in [2.45, 2.75) is 6.42 Å². The van der Waals surface area contributed by atoms with E-state index in [1.54, 1.807) is 6.07 Å². The molecule has 0 unspecified atom stereocenters. The molecule has 0 saturated heterocycles. The summed E-state index contributed by atoms with van der Waals surface area (Å²) in [4.78, 5) is 7.88. The number of rotatable bonds is 2. The molecule has 0 aliphatic carbocycles. The first kappa shape index (κ1) is 12.3. The first-order valence-electron chi connectivity index (χ1n) is 6.27. The minimum Gasteiger partial charge on any atom is -0.490 e. The van der Waals surface area contributed by atoms with Crippen molar-refractivity contribution in [3.63, 3.8) is 0 Å². The van der Waals surface area contributed by atoms with Gasteiger partial charge in [0, 0.05) is 24.2 Å². The van der Waals surface area contributed by atoms with Gasteiger partial charge >= 0.3 is 0 Å². The molecule has 3 rings (SSSR count). The van der Waals surface area contributed by atoms with E-state index in [1.165, 1.54) is 0 Å². The van der Waals surface area contributed by atoms with E-state index in [0.717, 1.165) is 17.9 Å². The van der Waals surface area contributed by atoms with Crippen LogP contribution in [0.2, 0.25) is 0 Å². The van der Waals surface area contributed by atoms with Gasteiger partial charge in [-0.3, -0.25) is 0 Å². The Bertz CT molecular complexity index is 612. The first-order valence-corrected chi connectivity index (χ1v) is 6.27. The molecule has 1 aliphatic rings. The van der Waals surface area contributed by atoms with Gasteiger partial charge in [0.15, 0.2) is 11.5 Å². The minimum absolute atomic E-state index is 0.127. The Hall–Kier alpha value is -2.70. The van der Waals surface area contributed by atoms with Crippen molar-refractivity contribution in [1.82, 2.24) is 9.97 Å². The average Bonchev–Trinajstić information content (AvgIpc) is 2.62. The molecule has 0 radical (unpaired) electrons. The van der Waals surface area contributed by atoms with Crippen LogP contribution in [-0.2, 0) is 0 Å². The Balaban J connectivity index is 1.85. The molecule has 0 amide bonds. The van der Waals surface area contributed by atoms with Crippen LogP contribution in [0.25, 0.3) is 0 Å². The minimum atomic E-state index is 0.127. The summed E-state index contributed by atoms with van der Waals surface area (Å²) < 4.78 is 11.2. The number of hydrogen-bond donors (Lipinski definition) is 3. The molecule has 0 bridgehead atoms. The van der Waals surface area contributed by atoms with Crippen molar-refractivity contribution >= 4 is 23.3 Å². The van der Waals surface area contributed by atoms with Crippen molar-refractivity contribution in [1.29, 1.82) is 0 Å². The highest BCUT2D eigenvalue weighted by molar-refractivity contribution is 5.63. The second kappa shape index (κ2) is 5.12. The lowest BCUT2D eigenvalue weighted by molar-refractivity contribution is 0.297. The molecule has 1 aromatic carbocycles. The lowest BCUT2D eigenvalue weighted by Gasteiger charge is -2.11. The van der Waals surface area contributed by atoms with Crippen molar-refractivity contribution in [2.75, 3.05) is 30.0 Å². The summed E-state index contributed by atoms with van der Waals surface area (Å²) in [7, 11) is 0. The topological polar surface area (TPSA) is 108 Å². The van der Waals surface area contributed by atoms with Gasteiger partial charge in [-0.2, -0.15) is 9.97 Å². The number of nitrogens with zero attached hydrogens (tertiary/aromatic N) is 2. The van der Waals surface area contributed by atoms with Gasteiger partial charge in [0.1, 0.15) is 11.6 Å². The molecule has 1 aliphatic heterocycles. The van der Waals surface area contributed by atoms with Crippen LogP contribution in [0.4, 0.5) is 23.3 Å². The van der Waals surface area contributed by atoms with E-state index in [-0.39, 0.29) is 5.95 Å². The molecule has 1 aromatic heterocycles. The maximum Gasteiger partial charge on any atom is 0.223 e. The third kappa shape index (κ3) is 2.66. The number of nitrogens with one attached hydrogen (secondary N) is 1. The highest BCUT2D eigenvalue weighted by Gasteiger charge is 2.11. The quantitative estimate of drug-likeness (QED) is 0.761. The van der Waals surface area contributed by atoms with E-state index in [2.05, 4.69) is 15.3 Å². The number of fused-ring (bicyclic) bond motifs is 1. The SMILES string of the molecule is Nc1cc(Nc2ccc3c(c2)OCCCO3)nc(N)n1. The zero-order valence-electron chi connectivity index (χ0n) is 10.8. The third-order valence-corrected chi connectivity index (χ3v) is 2.78. The highest BCUT2D eigenvalue weighted by atomic mass is 16.5. The van der Waals surface area contributed by atoms with Gasteiger partial charge in [-0.05, 0) is 12.1 Å². The van der Waals surface area contributed by atoms with Crippen LogP contribution < -0.4 is 26.3 Å². The number of nitrogen functional groups attached to an aromatic ring is 2. The van der Waals surface area contributed by atoms with Crippen LogP contribution in [-0.4, -0.2) is 23.2 Å². The second-order valence-corrected chi connectivity index (χ2v) is 4.37. The van der Waals surface area contributed by atoms with Crippen molar-refractivity contribution < 1.29 is 9.47 Å². The lowest BCUT2D eigenvalue weighted by atomic mass is 10.2. The molecule has 104 valence electrons. The van der Waals surface area contributed by atoms with E-state index < -0.39 is 0 Å². The molecule has 0 atom stereocenters. The van der Waals surface area contributed by atoms with Gasteiger partial charge in [-0.15, -0.1) is 0 Å². The smallest absolute Gasteiger partial charge is 0.223 e. The summed E-state index contributed by atoms with van der Waals surface area (Å²) in [5.74, 6) is 2.43. The van der Waals surface area contributed by atoms with Crippen molar-refractivity contribution in [3.8, 4) is 11.5 Å². The summed E-state index contributed by atoms with van der Waals surface area (Å²) in [5, 5.41) is 3.11. The van der Waals surface area contributed by atoms with Gasteiger partial charge in [0.2, 0.25) is 5.95 Å². The largest absolute Gasteiger partial charge is 0.490 e. The molecule has 0 saturated carbocycles. The second-order valence-electron chi connectivity index (χ2n) is 4.37. The zero-order chi connectivity index (χ0) is 13.9. The Labute approximate surface area is 115 Å². The summed E-state index contributed by atoms with van der Waals surface area (Å²) in [6.07, 6.45) is 0.871. The number of anilines is 4. The molecular weight excluding hydrogens is 258 g/mol. The number of nitrogens with two attached hydrogens (primary N) is 2. The molecule has 20 heavy (non-hydrogen) atoms. The molecule has 7 heteroatoms.